The standard InChI is InChI=1S/C15H30BN/c1-9-12(13(17)10-2)16(8)11-15(6,7)14(3,4)5/h9-10,12H,1,11,17H2,2-8H3/b13-10+. The molecule has 0 saturated heterocycles. The number of nitrogens with two attached hydrogens (primary N) is 1. The highest BCUT2D eigenvalue weighted by Crippen LogP contribution is 2.43. The van der Waals surface area contributed by atoms with E-state index in [2.05, 4.69) is 48.0 Å². The van der Waals surface area contributed by atoms with Gasteiger partial charge in [0.25, 0.3) is 0 Å². The molecule has 0 aromatic rings. The number of rotatable bonds is 5. The molecule has 0 bridgehead atoms. The van der Waals surface area contributed by atoms with Crippen LogP contribution < -0.4 is 5.73 Å². The first-order valence-electron chi connectivity index (χ1n) is 6.61. The van der Waals surface area contributed by atoms with E-state index in [1.54, 1.807) is 0 Å². The van der Waals surface area contributed by atoms with Crippen molar-refractivity contribution in [2.45, 2.75) is 60.5 Å². The lowest BCUT2D eigenvalue weighted by Crippen LogP contribution is -2.35. The third-order valence-corrected chi connectivity index (χ3v) is 4.45. The Balaban J connectivity index is 4.85. The van der Waals surface area contributed by atoms with Crippen LogP contribution >= 0.6 is 0 Å². The summed E-state index contributed by atoms with van der Waals surface area (Å²) in [6.45, 7) is 20.3. The molecule has 2 N–H and O–H groups in total. The minimum absolute atomic E-state index is 0.293. The van der Waals surface area contributed by atoms with E-state index in [9.17, 15) is 0 Å². The Morgan fingerprint density at radius 3 is 2.06 bits per heavy atom. The van der Waals surface area contributed by atoms with Crippen molar-refractivity contribution in [2.24, 2.45) is 16.6 Å². The van der Waals surface area contributed by atoms with Crippen LogP contribution in [0.4, 0.5) is 0 Å². The smallest absolute Gasteiger partial charge is 0.152 e. The minimum Gasteiger partial charge on any atom is -0.402 e. The maximum absolute atomic E-state index is 6.05. The molecule has 0 rings (SSSR count). The molecular formula is C15H30BN. The molecule has 0 aromatic heterocycles. The summed E-state index contributed by atoms with van der Waals surface area (Å²) in [7, 11) is 0. The van der Waals surface area contributed by atoms with Crippen LogP contribution in [0.3, 0.4) is 0 Å². The Hall–Kier alpha value is -0.655. The lowest BCUT2D eigenvalue weighted by Gasteiger charge is -2.41. The molecule has 0 aliphatic carbocycles. The summed E-state index contributed by atoms with van der Waals surface area (Å²) in [5.41, 5.74) is 7.58. The third kappa shape index (κ3) is 4.25. The molecule has 0 spiro atoms. The van der Waals surface area contributed by atoms with Crippen LogP contribution in [0.2, 0.25) is 19.0 Å². The van der Waals surface area contributed by atoms with Gasteiger partial charge in [0.05, 0.1) is 0 Å². The van der Waals surface area contributed by atoms with E-state index in [4.69, 9.17) is 5.73 Å². The van der Waals surface area contributed by atoms with Crippen LogP contribution in [0.15, 0.2) is 24.4 Å². The van der Waals surface area contributed by atoms with Gasteiger partial charge in [0.2, 0.25) is 0 Å². The lowest BCUT2D eigenvalue weighted by molar-refractivity contribution is 0.155. The van der Waals surface area contributed by atoms with Crippen LogP contribution in [0.25, 0.3) is 0 Å². The monoisotopic (exact) mass is 235 g/mol. The Morgan fingerprint density at radius 1 is 1.29 bits per heavy atom. The van der Waals surface area contributed by atoms with Crippen molar-refractivity contribution in [3.05, 3.63) is 24.4 Å². The summed E-state index contributed by atoms with van der Waals surface area (Å²) in [4.78, 5) is 0. The number of allylic oxidation sites excluding steroid dienone is 2. The zero-order valence-corrected chi connectivity index (χ0v) is 12.8. The highest BCUT2D eigenvalue weighted by molar-refractivity contribution is 6.60. The van der Waals surface area contributed by atoms with Gasteiger partial charge in [0.1, 0.15) is 0 Å². The molecule has 1 nitrogen and oxygen atoms in total. The predicted octanol–water partition coefficient (Wildman–Crippen LogP) is 4.60. The number of hydrogen-bond acceptors (Lipinski definition) is 1. The summed E-state index contributed by atoms with van der Waals surface area (Å²) in [5.74, 6) is 0.293. The lowest BCUT2D eigenvalue weighted by atomic mass is 9.35. The second-order valence-electron chi connectivity index (χ2n) is 6.87. The van der Waals surface area contributed by atoms with Crippen molar-refractivity contribution in [3.8, 4) is 0 Å². The fourth-order valence-electron chi connectivity index (χ4n) is 2.13. The highest BCUT2D eigenvalue weighted by Gasteiger charge is 2.36. The molecule has 0 aromatic carbocycles. The van der Waals surface area contributed by atoms with E-state index in [0.29, 0.717) is 23.4 Å². The molecule has 0 radical (unpaired) electrons. The molecule has 0 heterocycles. The fourth-order valence-corrected chi connectivity index (χ4v) is 2.13. The second-order valence-corrected chi connectivity index (χ2v) is 6.87. The molecule has 0 aliphatic heterocycles. The van der Waals surface area contributed by atoms with Crippen molar-refractivity contribution in [1.29, 1.82) is 0 Å². The van der Waals surface area contributed by atoms with Crippen molar-refractivity contribution in [1.82, 2.24) is 0 Å². The second kappa shape index (κ2) is 5.79. The van der Waals surface area contributed by atoms with Gasteiger partial charge >= 0.3 is 0 Å². The zero-order chi connectivity index (χ0) is 13.9. The molecule has 0 saturated carbocycles. The van der Waals surface area contributed by atoms with Crippen molar-refractivity contribution in [2.75, 3.05) is 0 Å². The summed E-state index contributed by atoms with van der Waals surface area (Å²) in [6.07, 6.45) is 5.13. The van der Waals surface area contributed by atoms with Crippen LogP contribution in [-0.4, -0.2) is 6.71 Å². The molecular weight excluding hydrogens is 205 g/mol. The summed E-state index contributed by atoms with van der Waals surface area (Å²) in [6, 6.07) is 0. The normalized spacial score (nSPS) is 15.6. The van der Waals surface area contributed by atoms with Crippen molar-refractivity contribution >= 4 is 6.71 Å². The molecule has 1 atom stereocenters. The molecule has 98 valence electrons. The van der Waals surface area contributed by atoms with Gasteiger partial charge in [-0.3, -0.25) is 0 Å². The van der Waals surface area contributed by atoms with Gasteiger partial charge in [-0.15, -0.1) is 6.58 Å². The Morgan fingerprint density at radius 2 is 1.76 bits per heavy atom. The van der Waals surface area contributed by atoms with Crippen LogP contribution in [0.5, 0.6) is 0 Å². The van der Waals surface area contributed by atoms with E-state index >= 15 is 0 Å². The van der Waals surface area contributed by atoms with Gasteiger partial charge in [0.15, 0.2) is 6.71 Å². The van der Waals surface area contributed by atoms with E-state index < -0.39 is 0 Å². The largest absolute Gasteiger partial charge is 0.402 e. The van der Waals surface area contributed by atoms with Gasteiger partial charge in [0, 0.05) is 5.70 Å². The summed E-state index contributed by atoms with van der Waals surface area (Å²) < 4.78 is 0. The van der Waals surface area contributed by atoms with Gasteiger partial charge in [-0.2, -0.15) is 0 Å². The first-order chi connectivity index (χ1) is 7.56. The van der Waals surface area contributed by atoms with E-state index in [0.717, 1.165) is 12.0 Å². The van der Waals surface area contributed by atoms with Gasteiger partial charge in [-0.25, -0.2) is 0 Å². The topological polar surface area (TPSA) is 26.0 Å². The van der Waals surface area contributed by atoms with Crippen LogP contribution in [0, 0.1) is 10.8 Å². The molecule has 17 heavy (non-hydrogen) atoms. The molecule has 0 aliphatic rings. The van der Waals surface area contributed by atoms with Gasteiger partial charge in [-0.1, -0.05) is 59.9 Å². The van der Waals surface area contributed by atoms with Crippen molar-refractivity contribution < 1.29 is 0 Å². The average molecular weight is 235 g/mol. The third-order valence-electron chi connectivity index (χ3n) is 4.45. The Labute approximate surface area is 109 Å². The predicted molar refractivity (Wildman–Crippen MR) is 81.6 cm³/mol. The zero-order valence-electron chi connectivity index (χ0n) is 12.8. The summed E-state index contributed by atoms with van der Waals surface area (Å²) >= 11 is 0. The minimum atomic E-state index is 0.293. The molecule has 0 fully saturated rings. The van der Waals surface area contributed by atoms with Gasteiger partial charge in [-0.05, 0) is 23.6 Å². The first kappa shape index (κ1) is 16.3. The van der Waals surface area contributed by atoms with Crippen LogP contribution in [0.1, 0.15) is 41.5 Å². The summed E-state index contributed by atoms with van der Waals surface area (Å²) in [5, 5.41) is 0. The first-order valence-corrected chi connectivity index (χ1v) is 6.61. The number of hydrogen-bond donors (Lipinski definition) is 1. The SMILES string of the molecule is C=CC(B(C)CC(C)(C)C(C)(C)C)/C(N)=C\C. The fraction of sp³-hybridized carbons (Fsp3) is 0.733. The molecule has 1 unspecified atom stereocenters. The van der Waals surface area contributed by atoms with Crippen LogP contribution in [-0.2, 0) is 0 Å². The van der Waals surface area contributed by atoms with E-state index in [1.165, 1.54) is 0 Å². The molecule has 2 heteroatoms. The van der Waals surface area contributed by atoms with E-state index in [-0.39, 0.29) is 0 Å². The Kier molecular flexibility index (Phi) is 5.57. The Bertz CT molecular complexity index is 284. The molecule has 0 amide bonds. The average Bonchev–Trinajstić information content (AvgIpc) is 2.15. The maximum atomic E-state index is 6.05. The highest BCUT2D eigenvalue weighted by atomic mass is 14.6. The maximum Gasteiger partial charge on any atom is 0.152 e. The van der Waals surface area contributed by atoms with Gasteiger partial charge < -0.3 is 5.73 Å². The van der Waals surface area contributed by atoms with E-state index in [1.807, 2.05) is 19.1 Å². The van der Waals surface area contributed by atoms with Crippen molar-refractivity contribution in [3.63, 3.8) is 0 Å². The quantitative estimate of drug-likeness (QED) is 0.546.